The molecule has 0 radical (unpaired) electrons. The molecule has 0 spiro atoms. The largest absolute Gasteiger partial charge is 0.478 e. The van der Waals surface area contributed by atoms with Crippen molar-refractivity contribution in [1.29, 1.82) is 0 Å². The SMILES string of the molecule is CC(O)C1CCN(C(=O)Nc2ccc(Cl)cc2C(=O)O)C1. The van der Waals surface area contributed by atoms with E-state index in [2.05, 4.69) is 5.32 Å². The molecule has 2 atom stereocenters. The summed E-state index contributed by atoms with van der Waals surface area (Å²) in [6.45, 7) is 2.70. The molecule has 1 aromatic rings. The number of hydrogen-bond donors (Lipinski definition) is 3. The first-order valence-electron chi connectivity index (χ1n) is 6.65. The Morgan fingerprint density at radius 3 is 2.76 bits per heavy atom. The van der Waals surface area contributed by atoms with Gasteiger partial charge in [-0.05, 0) is 31.5 Å². The number of carboxylic acids is 1. The predicted octanol–water partition coefficient (Wildman–Crippen LogP) is 2.27. The van der Waals surface area contributed by atoms with Gasteiger partial charge in [-0.15, -0.1) is 0 Å². The molecule has 1 aliphatic heterocycles. The van der Waals surface area contributed by atoms with E-state index in [0.29, 0.717) is 18.1 Å². The van der Waals surface area contributed by atoms with Crippen molar-refractivity contribution >= 4 is 29.3 Å². The minimum absolute atomic E-state index is 0.0536. The molecule has 7 heteroatoms. The maximum absolute atomic E-state index is 12.1. The Morgan fingerprint density at radius 1 is 1.48 bits per heavy atom. The van der Waals surface area contributed by atoms with Crippen LogP contribution in [0.5, 0.6) is 0 Å². The van der Waals surface area contributed by atoms with E-state index < -0.39 is 12.1 Å². The average molecular weight is 313 g/mol. The van der Waals surface area contributed by atoms with Crippen LogP contribution in [-0.2, 0) is 0 Å². The third kappa shape index (κ3) is 3.65. The molecule has 1 heterocycles. The van der Waals surface area contributed by atoms with Crippen molar-refractivity contribution in [3.63, 3.8) is 0 Å². The molecule has 2 unspecified atom stereocenters. The van der Waals surface area contributed by atoms with Gasteiger partial charge in [-0.2, -0.15) is 0 Å². The summed E-state index contributed by atoms with van der Waals surface area (Å²) >= 11 is 5.76. The normalized spacial score (nSPS) is 19.4. The number of hydrogen-bond acceptors (Lipinski definition) is 3. The zero-order chi connectivity index (χ0) is 15.6. The first-order valence-corrected chi connectivity index (χ1v) is 7.03. The molecule has 2 amide bonds. The minimum Gasteiger partial charge on any atom is -0.478 e. The van der Waals surface area contributed by atoms with E-state index in [-0.39, 0.29) is 23.2 Å². The number of rotatable bonds is 3. The van der Waals surface area contributed by atoms with Crippen molar-refractivity contribution in [3.05, 3.63) is 28.8 Å². The molecule has 1 aliphatic rings. The number of carboxylic acid groups (broad SMARTS) is 1. The van der Waals surface area contributed by atoms with Crippen LogP contribution in [0.4, 0.5) is 10.5 Å². The van der Waals surface area contributed by atoms with Crippen molar-refractivity contribution in [1.82, 2.24) is 4.90 Å². The van der Waals surface area contributed by atoms with Crippen LogP contribution in [0, 0.1) is 5.92 Å². The number of amides is 2. The first-order chi connectivity index (χ1) is 9.88. The highest BCUT2D eigenvalue weighted by molar-refractivity contribution is 6.31. The number of nitrogens with one attached hydrogen (secondary N) is 1. The summed E-state index contributed by atoms with van der Waals surface area (Å²) in [5.41, 5.74) is 0.152. The van der Waals surface area contributed by atoms with Gasteiger partial charge < -0.3 is 20.4 Å². The fourth-order valence-corrected chi connectivity index (χ4v) is 2.53. The molecule has 2 rings (SSSR count). The molecule has 114 valence electrons. The maximum atomic E-state index is 12.1. The Hall–Kier alpha value is -1.79. The van der Waals surface area contributed by atoms with Gasteiger partial charge in [0.2, 0.25) is 0 Å². The van der Waals surface area contributed by atoms with E-state index in [9.17, 15) is 14.7 Å². The lowest BCUT2D eigenvalue weighted by molar-refractivity contribution is 0.0698. The van der Waals surface area contributed by atoms with Crippen molar-refractivity contribution in [2.75, 3.05) is 18.4 Å². The van der Waals surface area contributed by atoms with Crippen molar-refractivity contribution < 1.29 is 19.8 Å². The van der Waals surface area contributed by atoms with Crippen LogP contribution < -0.4 is 5.32 Å². The summed E-state index contributed by atoms with van der Waals surface area (Å²) in [6, 6.07) is 3.91. The van der Waals surface area contributed by atoms with E-state index in [1.54, 1.807) is 11.8 Å². The summed E-state index contributed by atoms with van der Waals surface area (Å²) in [4.78, 5) is 24.9. The number of halogens is 1. The van der Waals surface area contributed by atoms with Crippen molar-refractivity contribution in [2.24, 2.45) is 5.92 Å². The van der Waals surface area contributed by atoms with Crippen LogP contribution in [0.1, 0.15) is 23.7 Å². The van der Waals surface area contributed by atoms with E-state index >= 15 is 0 Å². The molecule has 6 nitrogen and oxygen atoms in total. The number of aliphatic hydroxyl groups is 1. The van der Waals surface area contributed by atoms with Crippen LogP contribution in [0.15, 0.2) is 18.2 Å². The monoisotopic (exact) mass is 312 g/mol. The number of likely N-dealkylation sites (tertiary alicyclic amines) is 1. The second-order valence-electron chi connectivity index (χ2n) is 5.16. The van der Waals surface area contributed by atoms with Gasteiger partial charge in [-0.25, -0.2) is 9.59 Å². The summed E-state index contributed by atoms with van der Waals surface area (Å²) in [6.07, 6.45) is 0.269. The zero-order valence-corrected chi connectivity index (χ0v) is 12.3. The summed E-state index contributed by atoms with van der Waals surface area (Å²) in [7, 11) is 0. The lowest BCUT2D eigenvalue weighted by Gasteiger charge is -2.19. The van der Waals surface area contributed by atoms with Gasteiger partial charge in [0.05, 0.1) is 17.4 Å². The second kappa shape index (κ2) is 6.32. The highest BCUT2D eigenvalue weighted by Gasteiger charge is 2.29. The van der Waals surface area contributed by atoms with E-state index in [1.807, 2.05) is 0 Å². The maximum Gasteiger partial charge on any atom is 0.337 e. The Morgan fingerprint density at radius 2 is 2.19 bits per heavy atom. The number of aromatic carboxylic acids is 1. The average Bonchev–Trinajstić information content (AvgIpc) is 2.90. The van der Waals surface area contributed by atoms with E-state index in [1.165, 1.54) is 18.2 Å². The fraction of sp³-hybridized carbons (Fsp3) is 0.429. The highest BCUT2D eigenvalue weighted by Crippen LogP contribution is 2.23. The molecule has 1 fully saturated rings. The van der Waals surface area contributed by atoms with Gasteiger partial charge in [0.15, 0.2) is 0 Å². The highest BCUT2D eigenvalue weighted by atomic mass is 35.5. The van der Waals surface area contributed by atoms with Crippen molar-refractivity contribution in [3.8, 4) is 0 Å². The Kier molecular flexibility index (Phi) is 4.69. The summed E-state index contributed by atoms with van der Waals surface area (Å²) in [5.74, 6) is -1.10. The van der Waals surface area contributed by atoms with E-state index in [4.69, 9.17) is 16.7 Å². The smallest absolute Gasteiger partial charge is 0.337 e. The summed E-state index contributed by atoms with van der Waals surface area (Å²) < 4.78 is 0. The zero-order valence-electron chi connectivity index (χ0n) is 11.5. The number of carbonyl (C=O) groups is 2. The first kappa shape index (κ1) is 15.6. The van der Waals surface area contributed by atoms with Crippen LogP contribution in [0.2, 0.25) is 5.02 Å². The fourth-order valence-electron chi connectivity index (χ4n) is 2.36. The lowest BCUT2D eigenvalue weighted by atomic mass is 10.0. The molecule has 0 bridgehead atoms. The van der Waals surface area contributed by atoms with Crippen LogP contribution >= 0.6 is 11.6 Å². The van der Waals surface area contributed by atoms with Crippen LogP contribution in [-0.4, -0.2) is 46.3 Å². The number of urea groups is 1. The van der Waals surface area contributed by atoms with Gasteiger partial charge in [-0.1, -0.05) is 11.6 Å². The lowest BCUT2D eigenvalue weighted by Crippen LogP contribution is -2.34. The number of carbonyl (C=O) groups excluding carboxylic acids is 1. The molecule has 0 aliphatic carbocycles. The summed E-state index contributed by atoms with van der Waals surface area (Å²) in [5, 5.41) is 21.5. The topological polar surface area (TPSA) is 89.9 Å². The quantitative estimate of drug-likeness (QED) is 0.798. The van der Waals surface area contributed by atoms with Gasteiger partial charge in [0.1, 0.15) is 0 Å². The third-order valence-corrected chi connectivity index (χ3v) is 3.88. The Labute approximate surface area is 127 Å². The predicted molar refractivity (Wildman–Crippen MR) is 78.8 cm³/mol. The van der Waals surface area contributed by atoms with Gasteiger partial charge in [-0.3, -0.25) is 0 Å². The molecule has 3 N–H and O–H groups in total. The standard InChI is InChI=1S/C14H17ClN2O4/c1-8(18)9-4-5-17(7-9)14(21)16-12-3-2-10(15)6-11(12)13(19)20/h2-3,6,8-9,18H,4-5,7H2,1H3,(H,16,21)(H,19,20). The molecule has 1 aromatic carbocycles. The number of anilines is 1. The number of aliphatic hydroxyl groups excluding tert-OH is 1. The van der Waals surface area contributed by atoms with Gasteiger partial charge >= 0.3 is 12.0 Å². The molecule has 0 aromatic heterocycles. The molecule has 0 saturated carbocycles. The Bertz CT molecular complexity index is 562. The molecular formula is C14H17ClN2O4. The number of nitrogens with zero attached hydrogens (tertiary/aromatic N) is 1. The third-order valence-electron chi connectivity index (χ3n) is 3.65. The van der Waals surface area contributed by atoms with E-state index in [0.717, 1.165) is 6.42 Å². The minimum atomic E-state index is -1.16. The molecule has 1 saturated heterocycles. The van der Waals surface area contributed by atoms with Gasteiger partial charge in [0, 0.05) is 24.0 Å². The second-order valence-corrected chi connectivity index (χ2v) is 5.60. The van der Waals surface area contributed by atoms with Gasteiger partial charge in [0.25, 0.3) is 0 Å². The van der Waals surface area contributed by atoms with Crippen LogP contribution in [0.25, 0.3) is 0 Å². The van der Waals surface area contributed by atoms with Crippen molar-refractivity contribution in [2.45, 2.75) is 19.4 Å². The molecular weight excluding hydrogens is 296 g/mol. The molecule has 21 heavy (non-hydrogen) atoms. The number of benzene rings is 1. The van der Waals surface area contributed by atoms with Crippen LogP contribution in [0.3, 0.4) is 0 Å². The Balaban J connectivity index is 2.09.